The van der Waals surface area contributed by atoms with E-state index in [0.29, 0.717) is 17.3 Å². The molecule has 0 spiro atoms. The smallest absolute Gasteiger partial charge is 0.219 e. The lowest BCUT2D eigenvalue weighted by Crippen LogP contribution is -2.35. The summed E-state index contributed by atoms with van der Waals surface area (Å²) < 4.78 is 0. The van der Waals surface area contributed by atoms with Crippen LogP contribution in [0.5, 0.6) is 0 Å². The van der Waals surface area contributed by atoms with Crippen molar-refractivity contribution in [2.24, 2.45) is 11.7 Å². The van der Waals surface area contributed by atoms with Crippen LogP contribution < -0.4 is 16.4 Å². The number of thiocarbonyl (C=S) groups is 2. The van der Waals surface area contributed by atoms with Gasteiger partial charge in [-0.25, -0.2) is 0 Å². The van der Waals surface area contributed by atoms with Crippen molar-refractivity contribution in [1.29, 1.82) is 0 Å². The van der Waals surface area contributed by atoms with Crippen LogP contribution in [0.3, 0.4) is 0 Å². The van der Waals surface area contributed by atoms with Crippen molar-refractivity contribution in [2.75, 3.05) is 13.1 Å². The van der Waals surface area contributed by atoms with E-state index < -0.39 is 0 Å². The molecule has 0 aromatic heterocycles. The van der Waals surface area contributed by atoms with Crippen LogP contribution in [0, 0.1) is 5.92 Å². The predicted octanol–water partition coefficient (Wildman–Crippen LogP) is 2.69. The van der Waals surface area contributed by atoms with E-state index in [1.807, 2.05) is 0 Å². The van der Waals surface area contributed by atoms with Crippen LogP contribution in [0.4, 0.5) is 0 Å². The zero-order valence-corrected chi connectivity index (χ0v) is 14.9. The van der Waals surface area contributed by atoms with E-state index in [9.17, 15) is 4.79 Å². The second-order valence-corrected chi connectivity index (χ2v) is 6.33. The summed E-state index contributed by atoms with van der Waals surface area (Å²) >= 11 is 9.77. The van der Waals surface area contributed by atoms with Crippen LogP contribution in [0.1, 0.15) is 58.8 Å². The molecule has 0 aromatic rings. The van der Waals surface area contributed by atoms with E-state index in [-0.39, 0.29) is 10.9 Å². The molecule has 0 heterocycles. The molecule has 0 fully saturated rings. The Kier molecular flexibility index (Phi) is 12.5. The van der Waals surface area contributed by atoms with Crippen molar-refractivity contribution in [3.63, 3.8) is 0 Å². The van der Waals surface area contributed by atoms with Gasteiger partial charge in [-0.1, -0.05) is 57.5 Å². The summed E-state index contributed by atoms with van der Waals surface area (Å²) in [6.07, 6.45) is 7.22. The average molecular weight is 332 g/mol. The van der Waals surface area contributed by atoms with Gasteiger partial charge in [-0.2, -0.15) is 0 Å². The van der Waals surface area contributed by atoms with Crippen LogP contribution in [0.25, 0.3) is 0 Å². The zero-order chi connectivity index (χ0) is 16.1. The number of nitrogens with one attached hydrogen (secondary N) is 2. The summed E-state index contributed by atoms with van der Waals surface area (Å²) in [5.41, 5.74) is 5.42. The average Bonchev–Trinajstić information content (AvgIpc) is 2.45. The van der Waals surface area contributed by atoms with Crippen molar-refractivity contribution < 1.29 is 4.79 Å². The maximum atomic E-state index is 11.6. The minimum atomic E-state index is 0.173. The minimum absolute atomic E-state index is 0.173. The Bertz CT molecular complexity index is 335. The van der Waals surface area contributed by atoms with Crippen LogP contribution in [0.2, 0.25) is 0 Å². The Balaban J connectivity index is 3.50. The molecule has 0 rings (SSSR count). The van der Waals surface area contributed by atoms with E-state index >= 15 is 0 Å². The number of carbonyl (C=O) groups is 1. The first-order chi connectivity index (χ1) is 9.97. The Labute approximate surface area is 139 Å². The lowest BCUT2D eigenvalue weighted by Gasteiger charge is -2.13. The Morgan fingerprint density at radius 2 is 1.86 bits per heavy atom. The number of unbranched alkanes of at least 4 members (excludes halogenated alkanes) is 3. The molecular formula is C15H29N3OS2. The molecule has 0 saturated carbocycles. The van der Waals surface area contributed by atoms with Crippen LogP contribution in [-0.4, -0.2) is 29.0 Å². The summed E-state index contributed by atoms with van der Waals surface area (Å²) in [5, 5.41) is 6.02. The van der Waals surface area contributed by atoms with E-state index in [1.165, 1.54) is 12.8 Å². The van der Waals surface area contributed by atoms with Gasteiger partial charge in [0.2, 0.25) is 5.91 Å². The number of rotatable bonds is 11. The van der Waals surface area contributed by atoms with Gasteiger partial charge in [0.25, 0.3) is 0 Å². The first-order valence-electron chi connectivity index (χ1n) is 7.81. The lowest BCUT2D eigenvalue weighted by molar-refractivity contribution is -0.121. The summed E-state index contributed by atoms with van der Waals surface area (Å²) in [5.74, 6) is 0.644. The largest absolute Gasteiger partial charge is 0.388 e. The van der Waals surface area contributed by atoms with Gasteiger partial charge in [0, 0.05) is 19.5 Å². The SMILES string of the molecule is CCCCCCC(=O)NCCCC(C)CNC(=S)C(N)=S. The number of hydrogen-bond donors (Lipinski definition) is 3. The van der Waals surface area contributed by atoms with Crippen LogP contribution >= 0.6 is 24.4 Å². The maximum absolute atomic E-state index is 11.6. The first-order valence-corrected chi connectivity index (χ1v) is 8.63. The highest BCUT2D eigenvalue weighted by atomic mass is 32.1. The summed E-state index contributed by atoms with van der Waals surface area (Å²) in [6.45, 7) is 5.82. The molecule has 0 aliphatic heterocycles. The number of carbonyl (C=O) groups excluding carboxylic acids is 1. The van der Waals surface area contributed by atoms with Crippen LogP contribution in [0.15, 0.2) is 0 Å². The Hall–Kier alpha value is -0.750. The van der Waals surface area contributed by atoms with Gasteiger partial charge in [0.1, 0.15) is 9.98 Å². The number of amides is 1. The quantitative estimate of drug-likeness (QED) is 0.401. The summed E-state index contributed by atoms with van der Waals surface area (Å²) in [4.78, 5) is 12.3. The molecule has 0 aliphatic carbocycles. The molecule has 6 heteroatoms. The molecule has 21 heavy (non-hydrogen) atoms. The minimum Gasteiger partial charge on any atom is -0.388 e. The van der Waals surface area contributed by atoms with E-state index in [2.05, 4.69) is 24.5 Å². The second-order valence-electron chi connectivity index (χ2n) is 5.48. The third-order valence-electron chi connectivity index (χ3n) is 3.29. The van der Waals surface area contributed by atoms with Gasteiger partial charge in [-0.05, 0) is 25.2 Å². The maximum Gasteiger partial charge on any atom is 0.219 e. The Morgan fingerprint density at radius 3 is 2.48 bits per heavy atom. The number of hydrogen-bond acceptors (Lipinski definition) is 3. The molecule has 0 aliphatic rings. The zero-order valence-electron chi connectivity index (χ0n) is 13.2. The normalized spacial score (nSPS) is 11.7. The van der Waals surface area contributed by atoms with Gasteiger partial charge in [-0.3, -0.25) is 4.79 Å². The van der Waals surface area contributed by atoms with Crippen molar-refractivity contribution in [3.8, 4) is 0 Å². The lowest BCUT2D eigenvalue weighted by atomic mass is 10.1. The van der Waals surface area contributed by atoms with Gasteiger partial charge in [0.05, 0.1) is 0 Å². The first kappa shape index (κ1) is 20.2. The molecule has 4 N–H and O–H groups in total. The van der Waals surface area contributed by atoms with E-state index in [4.69, 9.17) is 30.2 Å². The van der Waals surface area contributed by atoms with Crippen LogP contribution in [-0.2, 0) is 4.79 Å². The highest BCUT2D eigenvalue weighted by Crippen LogP contribution is 2.04. The second kappa shape index (κ2) is 13.0. The number of nitrogens with two attached hydrogens (primary N) is 1. The molecule has 0 bridgehead atoms. The summed E-state index contributed by atoms with van der Waals surface area (Å²) in [7, 11) is 0. The van der Waals surface area contributed by atoms with E-state index in [1.54, 1.807) is 0 Å². The molecule has 4 nitrogen and oxygen atoms in total. The molecule has 0 radical (unpaired) electrons. The Morgan fingerprint density at radius 1 is 1.14 bits per heavy atom. The molecule has 1 atom stereocenters. The predicted molar refractivity (Wildman–Crippen MR) is 97.6 cm³/mol. The standard InChI is InChI=1S/C15H29N3OS2/c1-3-4-5-6-9-13(19)17-10-7-8-12(2)11-18-15(21)14(16)20/h12H,3-11H2,1-2H3,(H2,16,20)(H,17,19)(H,18,21). The molecular weight excluding hydrogens is 302 g/mol. The van der Waals surface area contributed by atoms with Crippen molar-refractivity contribution in [3.05, 3.63) is 0 Å². The summed E-state index contributed by atoms with van der Waals surface area (Å²) in [6, 6.07) is 0. The van der Waals surface area contributed by atoms with Gasteiger partial charge in [0.15, 0.2) is 0 Å². The fourth-order valence-corrected chi connectivity index (χ4v) is 2.09. The molecule has 122 valence electrons. The van der Waals surface area contributed by atoms with Crippen molar-refractivity contribution in [2.45, 2.75) is 58.8 Å². The monoisotopic (exact) mass is 331 g/mol. The molecule has 0 saturated heterocycles. The topological polar surface area (TPSA) is 67.2 Å². The van der Waals surface area contributed by atoms with Gasteiger partial charge >= 0.3 is 0 Å². The molecule has 0 aromatic carbocycles. The third-order valence-corrected chi connectivity index (χ3v) is 3.99. The van der Waals surface area contributed by atoms with Gasteiger partial charge in [-0.15, -0.1) is 0 Å². The highest BCUT2D eigenvalue weighted by molar-refractivity contribution is 7.89. The van der Waals surface area contributed by atoms with E-state index in [0.717, 1.165) is 38.8 Å². The fourth-order valence-electron chi connectivity index (χ4n) is 1.94. The van der Waals surface area contributed by atoms with Crippen molar-refractivity contribution in [1.82, 2.24) is 10.6 Å². The van der Waals surface area contributed by atoms with Crippen molar-refractivity contribution >= 4 is 40.3 Å². The highest BCUT2D eigenvalue weighted by Gasteiger charge is 2.05. The molecule has 1 amide bonds. The molecule has 1 unspecified atom stereocenters. The third kappa shape index (κ3) is 12.7. The fraction of sp³-hybridized carbons (Fsp3) is 0.800. The van der Waals surface area contributed by atoms with Gasteiger partial charge < -0.3 is 16.4 Å².